The second kappa shape index (κ2) is 8.01. The second-order valence-electron chi connectivity index (χ2n) is 6.39. The van der Waals surface area contributed by atoms with Crippen LogP contribution in [0.5, 0.6) is 0 Å². The van der Waals surface area contributed by atoms with Gasteiger partial charge in [0, 0.05) is 24.4 Å². The molecule has 0 aliphatic carbocycles. The van der Waals surface area contributed by atoms with E-state index in [9.17, 15) is 37.5 Å². The summed E-state index contributed by atoms with van der Waals surface area (Å²) in [7, 11) is 0. The van der Waals surface area contributed by atoms with Crippen LogP contribution in [0.1, 0.15) is 12.6 Å². The van der Waals surface area contributed by atoms with Gasteiger partial charge in [0.1, 0.15) is 30.3 Å². The van der Waals surface area contributed by atoms with E-state index in [1.165, 1.54) is 11.8 Å². The van der Waals surface area contributed by atoms with Crippen molar-refractivity contribution in [3.05, 3.63) is 29.2 Å². The molecule has 30 heavy (non-hydrogen) atoms. The molecule has 1 saturated heterocycles. The van der Waals surface area contributed by atoms with Gasteiger partial charge in [0.2, 0.25) is 5.91 Å². The fourth-order valence-electron chi connectivity index (χ4n) is 2.95. The highest BCUT2D eigenvalue weighted by Gasteiger charge is 2.54. The van der Waals surface area contributed by atoms with Crippen LogP contribution in [-0.4, -0.2) is 67.3 Å². The number of carbonyl (C=O) groups is 4. The Labute approximate surface area is 171 Å². The van der Waals surface area contributed by atoms with Crippen molar-refractivity contribution in [3.8, 4) is 0 Å². The molecule has 1 aromatic rings. The normalized spacial score (nSPS) is 21.1. The molecule has 1 aromatic heterocycles. The number of halogens is 3. The number of amides is 2. The number of nitrogens with one attached hydrogen (secondary N) is 1. The molecule has 3 heterocycles. The molecule has 2 amide bonds. The number of hydrogen-bond acceptors (Lipinski definition) is 7. The average molecular weight is 448 g/mol. The largest absolute Gasteiger partial charge is 0.477 e. The maximum absolute atomic E-state index is 12.6. The van der Waals surface area contributed by atoms with Crippen LogP contribution in [0, 0.1) is 0 Å². The summed E-state index contributed by atoms with van der Waals surface area (Å²) in [5.41, 5.74) is -1.22. The quantitative estimate of drug-likeness (QED) is 0.466. The molecule has 162 valence electrons. The molecule has 0 aromatic carbocycles. The lowest BCUT2D eigenvalue weighted by molar-refractivity contribution is -0.151. The minimum Gasteiger partial charge on any atom is -0.477 e. The van der Waals surface area contributed by atoms with Gasteiger partial charge in [-0.3, -0.25) is 24.0 Å². The summed E-state index contributed by atoms with van der Waals surface area (Å²) in [5, 5.41) is 14.4. The van der Waals surface area contributed by atoms with E-state index in [1.54, 1.807) is 0 Å². The number of aliphatic carboxylic acids is 1. The molecular weight excluding hydrogens is 433 g/mol. The van der Waals surface area contributed by atoms with Gasteiger partial charge in [0.05, 0.1) is 0 Å². The molecule has 0 bridgehead atoms. The van der Waals surface area contributed by atoms with E-state index in [4.69, 9.17) is 4.74 Å². The first-order valence-corrected chi connectivity index (χ1v) is 9.47. The van der Waals surface area contributed by atoms with Crippen LogP contribution in [0.4, 0.5) is 13.2 Å². The zero-order valence-electron chi connectivity index (χ0n) is 15.3. The molecule has 0 unspecified atom stereocenters. The van der Waals surface area contributed by atoms with Crippen LogP contribution >= 0.6 is 11.8 Å². The zero-order chi connectivity index (χ0) is 22.2. The zero-order valence-corrected chi connectivity index (χ0v) is 16.1. The summed E-state index contributed by atoms with van der Waals surface area (Å²) in [5.74, 6) is -3.26. The molecular formula is C16H15F3N4O6S. The first kappa shape index (κ1) is 21.7. The highest BCUT2D eigenvalue weighted by atomic mass is 32.2. The number of nitrogens with zero attached hydrogens (tertiary/aromatic N) is 3. The molecule has 2 aliphatic rings. The number of carboxylic acid groups (broad SMARTS) is 1. The van der Waals surface area contributed by atoms with Crippen molar-refractivity contribution in [2.75, 3.05) is 12.4 Å². The Morgan fingerprint density at radius 1 is 1.40 bits per heavy atom. The highest BCUT2D eigenvalue weighted by molar-refractivity contribution is 8.00. The third-order valence-corrected chi connectivity index (χ3v) is 5.59. The molecule has 0 saturated carbocycles. The smallest absolute Gasteiger partial charge is 0.435 e. The van der Waals surface area contributed by atoms with Crippen molar-refractivity contribution in [1.29, 1.82) is 0 Å². The van der Waals surface area contributed by atoms with Gasteiger partial charge in [-0.2, -0.15) is 18.3 Å². The van der Waals surface area contributed by atoms with Crippen molar-refractivity contribution < 1.29 is 42.2 Å². The summed E-state index contributed by atoms with van der Waals surface area (Å²) in [4.78, 5) is 48.1. The van der Waals surface area contributed by atoms with Crippen molar-refractivity contribution in [2.45, 2.75) is 31.1 Å². The fourth-order valence-corrected chi connectivity index (χ4v) is 4.28. The van der Waals surface area contributed by atoms with Gasteiger partial charge in [-0.15, -0.1) is 11.8 Å². The molecule has 1 fully saturated rings. The van der Waals surface area contributed by atoms with Crippen molar-refractivity contribution in [3.63, 3.8) is 0 Å². The second-order valence-corrected chi connectivity index (χ2v) is 7.49. The molecule has 2 atom stereocenters. The van der Waals surface area contributed by atoms with Crippen molar-refractivity contribution >= 4 is 35.5 Å². The SMILES string of the molecule is CC(=O)OCC1=C(C(=O)O)N2C(=O)[C@H](NC(=O)Cn3ccc(C(F)(F)F)n3)[C@H]2SC1. The molecule has 0 radical (unpaired) electrons. The van der Waals surface area contributed by atoms with Gasteiger partial charge < -0.3 is 15.2 Å². The molecule has 3 rings (SSSR count). The molecule has 14 heteroatoms. The summed E-state index contributed by atoms with van der Waals surface area (Å²) in [6.45, 7) is 0.340. The molecule has 2 N–H and O–H groups in total. The Balaban J connectivity index is 1.66. The maximum Gasteiger partial charge on any atom is 0.435 e. The maximum atomic E-state index is 12.6. The Kier molecular flexibility index (Phi) is 5.78. The van der Waals surface area contributed by atoms with E-state index in [-0.39, 0.29) is 23.6 Å². The van der Waals surface area contributed by atoms with Crippen molar-refractivity contribution in [2.24, 2.45) is 0 Å². The van der Waals surface area contributed by atoms with Gasteiger partial charge in [0.25, 0.3) is 5.91 Å². The lowest BCUT2D eigenvalue weighted by Gasteiger charge is -2.49. The number of thioether (sulfide) groups is 1. The third-order valence-electron chi connectivity index (χ3n) is 4.25. The first-order chi connectivity index (χ1) is 14.0. The Hall–Kier alpha value is -3.03. The van der Waals surface area contributed by atoms with Gasteiger partial charge in [-0.25, -0.2) is 4.79 Å². The van der Waals surface area contributed by atoms with Crippen LogP contribution in [0.15, 0.2) is 23.5 Å². The summed E-state index contributed by atoms with van der Waals surface area (Å²) in [6, 6.07) is -0.320. The summed E-state index contributed by atoms with van der Waals surface area (Å²) < 4.78 is 43.3. The van der Waals surface area contributed by atoms with Crippen LogP contribution in [0.25, 0.3) is 0 Å². The van der Waals surface area contributed by atoms with E-state index < -0.39 is 53.6 Å². The van der Waals surface area contributed by atoms with E-state index in [0.717, 1.165) is 28.8 Å². The minimum atomic E-state index is -4.64. The van der Waals surface area contributed by atoms with Crippen LogP contribution in [0.2, 0.25) is 0 Å². The van der Waals surface area contributed by atoms with Gasteiger partial charge >= 0.3 is 18.1 Å². The van der Waals surface area contributed by atoms with Crippen molar-refractivity contribution in [1.82, 2.24) is 20.0 Å². The number of fused-ring (bicyclic) bond motifs is 1. The van der Waals surface area contributed by atoms with Gasteiger partial charge in [-0.1, -0.05) is 0 Å². The van der Waals surface area contributed by atoms with Crippen LogP contribution in [-0.2, 0) is 36.6 Å². The number of rotatable bonds is 6. The number of esters is 1. The summed E-state index contributed by atoms with van der Waals surface area (Å²) in [6.07, 6.45) is -3.66. The predicted molar refractivity (Wildman–Crippen MR) is 93.5 cm³/mol. The molecule has 0 spiro atoms. The Morgan fingerprint density at radius 2 is 2.10 bits per heavy atom. The number of carbonyl (C=O) groups excluding carboxylic acids is 3. The lowest BCUT2D eigenvalue weighted by atomic mass is 10.0. The third kappa shape index (κ3) is 4.27. The number of aromatic nitrogens is 2. The molecule has 2 aliphatic heterocycles. The Morgan fingerprint density at radius 3 is 2.67 bits per heavy atom. The number of hydrogen-bond donors (Lipinski definition) is 2. The van der Waals surface area contributed by atoms with Gasteiger partial charge in [-0.05, 0) is 6.07 Å². The summed E-state index contributed by atoms with van der Waals surface area (Å²) >= 11 is 1.17. The average Bonchev–Trinajstić information content (AvgIpc) is 3.12. The predicted octanol–water partition coefficient (Wildman–Crippen LogP) is 0.204. The first-order valence-electron chi connectivity index (χ1n) is 8.42. The standard InChI is InChI=1S/C16H15F3N4O6S/c1-7(24)29-5-8-6-30-14-11(13(26)23(14)12(8)15(27)28)20-10(25)4-22-3-2-9(21-22)16(17,18)19/h2-3,11,14H,4-6H2,1H3,(H,20,25)(H,27,28)/t11-,14+/m0/s1. The van der Waals surface area contributed by atoms with E-state index in [1.807, 2.05) is 0 Å². The van der Waals surface area contributed by atoms with Gasteiger partial charge in [0.15, 0.2) is 5.69 Å². The van der Waals surface area contributed by atoms with E-state index in [0.29, 0.717) is 0 Å². The number of alkyl halides is 3. The topological polar surface area (TPSA) is 131 Å². The Bertz CT molecular complexity index is 944. The van der Waals surface area contributed by atoms with E-state index in [2.05, 4.69) is 10.4 Å². The number of carboxylic acids is 1. The monoisotopic (exact) mass is 448 g/mol. The van der Waals surface area contributed by atoms with Crippen LogP contribution < -0.4 is 5.32 Å². The van der Waals surface area contributed by atoms with E-state index >= 15 is 0 Å². The lowest BCUT2D eigenvalue weighted by Crippen LogP contribution is -2.70. The highest BCUT2D eigenvalue weighted by Crippen LogP contribution is 2.40. The number of β-lactam (4-membered cyclic amide) rings is 1. The van der Waals surface area contributed by atoms with Crippen LogP contribution in [0.3, 0.4) is 0 Å². The minimum absolute atomic E-state index is 0.157. The fraction of sp³-hybridized carbons (Fsp3) is 0.438. The number of ether oxygens (including phenoxy) is 1. The molecule has 10 nitrogen and oxygen atoms in total.